The summed E-state index contributed by atoms with van der Waals surface area (Å²) < 4.78 is 40.5. The van der Waals surface area contributed by atoms with Gasteiger partial charge in [0.2, 0.25) is 17.1 Å². The van der Waals surface area contributed by atoms with Crippen molar-refractivity contribution in [2.24, 2.45) is 5.16 Å². The number of thioether (sulfide) groups is 1. The molecule has 14 nitrogen and oxygen atoms in total. The zero-order valence-corrected chi connectivity index (χ0v) is 34.7. The predicted molar refractivity (Wildman–Crippen MR) is 230 cm³/mol. The lowest BCUT2D eigenvalue weighted by Gasteiger charge is -2.49. The van der Waals surface area contributed by atoms with Crippen molar-refractivity contribution in [2.45, 2.75) is 23.1 Å². The van der Waals surface area contributed by atoms with Gasteiger partial charge in [-0.15, -0.1) is 11.8 Å². The van der Waals surface area contributed by atoms with E-state index in [1.165, 1.54) is 0 Å². The molecule has 308 valence electrons. The van der Waals surface area contributed by atoms with Gasteiger partial charge in [-0.1, -0.05) is 157 Å². The van der Waals surface area contributed by atoms with Crippen LogP contribution in [0.1, 0.15) is 39.7 Å². The number of esters is 1. The lowest BCUT2D eigenvalue weighted by Crippen LogP contribution is -2.71. The fourth-order valence-corrected chi connectivity index (χ4v) is 9.36. The van der Waals surface area contributed by atoms with Crippen molar-refractivity contribution in [3.05, 3.63) is 197 Å². The van der Waals surface area contributed by atoms with E-state index in [9.17, 15) is 22.8 Å². The van der Waals surface area contributed by atoms with Crippen LogP contribution in [0.4, 0.5) is 5.13 Å². The first-order valence-corrected chi connectivity index (χ1v) is 22.4. The molecular formula is C44H36N6O8S3. The highest BCUT2D eigenvalue weighted by Crippen LogP contribution is 2.43. The zero-order valence-electron chi connectivity index (χ0n) is 32.2. The van der Waals surface area contributed by atoms with Crippen LogP contribution in [0.3, 0.4) is 0 Å². The molecule has 1 fully saturated rings. The maximum absolute atomic E-state index is 14.4. The van der Waals surface area contributed by atoms with Crippen molar-refractivity contribution in [2.75, 3.05) is 17.7 Å². The van der Waals surface area contributed by atoms with E-state index in [-0.39, 0.29) is 28.2 Å². The maximum atomic E-state index is 14.4. The third kappa shape index (κ3) is 8.48. The van der Waals surface area contributed by atoms with Crippen LogP contribution >= 0.6 is 23.3 Å². The summed E-state index contributed by atoms with van der Waals surface area (Å²) >= 11 is 1.92. The number of nitrogens with two attached hydrogens (primary N) is 1. The van der Waals surface area contributed by atoms with E-state index < -0.39 is 56.7 Å². The molecule has 0 bridgehead atoms. The number of benzene rings is 5. The van der Waals surface area contributed by atoms with Gasteiger partial charge in [0, 0.05) is 28.2 Å². The third-order valence-corrected chi connectivity index (χ3v) is 12.1. The van der Waals surface area contributed by atoms with E-state index >= 15 is 0 Å². The Balaban J connectivity index is 1.13. The molecule has 2 amide bonds. The Hall–Kier alpha value is -6.82. The van der Waals surface area contributed by atoms with E-state index in [1.54, 1.807) is 48.5 Å². The Morgan fingerprint density at radius 1 is 0.820 bits per heavy atom. The number of aromatic nitrogens is 2. The lowest BCUT2D eigenvalue weighted by molar-refractivity contribution is -0.154. The largest absolute Gasteiger partial charge is 0.448 e. The summed E-state index contributed by atoms with van der Waals surface area (Å²) in [6.45, 7) is 0. The van der Waals surface area contributed by atoms with Gasteiger partial charge in [-0.05, 0) is 11.1 Å². The molecule has 17 heteroatoms. The fourth-order valence-electron chi connectivity index (χ4n) is 7.09. The van der Waals surface area contributed by atoms with Crippen LogP contribution in [-0.4, -0.2) is 69.6 Å². The minimum absolute atomic E-state index is 0.0562. The number of nitrogens with one attached hydrogen (secondary N) is 1. The molecule has 61 heavy (non-hydrogen) atoms. The van der Waals surface area contributed by atoms with E-state index in [1.807, 2.05) is 103 Å². The number of amides is 2. The number of carbonyl (C=O) groups excluding carboxylic acids is 3. The van der Waals surface area contributed by atoms with Gasteiger partial charge in [0.1, 0.15) is 11.4 Å². The van der Waals surface area contributed by atoms with Crippen LogP contribution in [0.15, 0.2) is 168 Å². The number of anilines is 1. The average Bonchev–Trinajstić information content (AvgIpc) is 3.72. The second-order valence-corrected chi connectivity index (χ2v) is 17.3. The lowest BCUT2D eigenvalue weighted by atomic mass is 9.80. The van der Waals surface area contributed by atoms with Gasteiger partial charge in [0.25, 0.3) is 11.8 Å². The standard InChI is InChI=1S/C44H36N6O8S3/c1-61(54,55)57-33-27-59-41-35(40(52)50(41)36(33)42(53)56-37(28-17-7-2-8-18-28)29-19-9-3-10-20-29)46-39(51)34(38-47-43(45)60-49-38)48-58-44(30-21-11-4-12-22-30,31-23-13-5-14-24-31)32-25-15-6-16-26-32/h2-26,35,37,41H,27H2,1H3,(H,46,51)(H2,45,47,49)/b48-34-/t35-,41-/m1/s1. The molecule has 5 aromatic carbocycles. The molecule has 0 spiro atoms. The molecular weight excluding hydrogens is 837 g/mol. The van der Waals surface area contributed by atoms with Crippen molar-refractivity contribution in [1.29, 1.82) is 0 Å². The number of carbonyl (C=O) groups is 3. The molecule has 3 heterocycles. The molecule has 0 saturated carbocycles. The van der Waals surface area contributed by atoms with Gasteiger partial charge in [0.15, 0.2) is 22.7 Å². The minimum atomic E-state index is -4.15. The maximum Gasteiger partial charge on any atom is 0.359 e. The summed E-state index contributed by atoms with van der Waals surface area (Å²) in [6, 6.07) is 44.8. The van der Waals surface area contributed by atoms with Crippen molar-refractivity contribution in [1.82, 2.24) is 19.6 Å². The molecule has 0 aliphatic carbocycles. The highest BCUT2D eigenvalue weighted by Gasteiger charge is 2.56. The van der Waals surface area contributed by atoms with Crippen LogP contribution in [-0.2, 0) is 43.9 Å². The fraction of sp³-hybridized carbons (Fsp3) is 0.136. The SMILES string of the molecule is CS(=O)(=O)OC1=C(C(=O)OC(c2ccccc2)c2ccccc2)N2C(=O)[C@@H](NC(=O)/C(=N\OC(c3ccccc3)(c3ccccc3)c3ccccc3)c3nsc(N)n3)[C@H]2SC1. The molecule has 6 aromatic rings. The summed E-state index contributed by atoms with van der Waals surface area (Å²) in [5.74, 6) is -3.20. The normalized spacial score (nSPS) is 16.7. The van der Waals surface area contributed by atoms with Crippen LogP contribution in [0.5, 0.6) is 0 Å². The van der Waals surface area contributed by atoms with E-state index in [2.05, 4.69) is 19.8 Å². The van der Waals surface area contributed by atoms with Crippen LogP contribution in [0.2, 0.25) is 0 Å². The minimum Gasteiger partial charge on any atom is -0.448 e. The number of hydrogen-bond acceptors (Lipinski definition) is 14. The van der Waals surface area contributed by atoms with Gasteiger partial charge < -0.3 is 24.8 Å². The van der Waals surface area contributed by atoms with Crippen molar-refractivity contribution in [3.63, 3.8) is 0 Å². The highest BCUT2D eigenvalue weighted by atomic mass is 32.2. The number of fused-ring (bicyclic) bond motifs is 1. The quantitative estimate of drug-likeness (QED) is 0.0337. The van der Waals surface area contributed by atoms with E-state index in [4.69, 9.17) is 19.5 Å². The molecule has 2 aliphatic heterocycles. The summed E-state index contributed by atoms with van der Waals surface area (Å²) in [6.07, 6.45) is -0.0878. The van der Waals surface area contributed by atoms with Gasteiger partial charge in [-0.25, -0.2) is 4.79 Å². The number of hydrogen-bond donors (Lipinski definition) is 2. The van der Waals surface area contributed by atoms with Crippen LogP contribution in [0, 0.1) is 0 Å². The molecule has 1 aromatic heterocycles. The summed E-state index contributed by atoms with van der Waals surface area (Å²) in [5, 5.41) is 6.37. The van der Waals surface area contributed by atoms with Gasteiger partial charge in [-0.2, -0.15) is 17.8 Å². The summed E-state index contributed by atoms with van der Waals surface area (Å²) in [7, 11) is -4.15. The van der Waals surface area contributed by atoms with Crippen molar-refractivity contribution >= 4 is 62.0 Å². The van der Waals surface area contributed by atoms with Gasteiger partial charge in [-0.3, -0.25) is 14.5 Å². The monoisotopic (exact) mass is 872 g/mol. The van der Waals surface area contributed by atoms with Gasteiger partial charge >= 0.3 is 16.1 Å². The number of oxime groups is 1. The number of β-lactam (4-membered cyclic amide) rings is 1. The molecule has 0 unspecified atom stereocenters. The number of ether oxygens (including phenoxy) is 1. The molecule has 1 saturated heterocycles. The van der Waals surface area contributed by atoms with Crippen molar-refractivity contribution in [3.8, 4) is 0 Å². The molecule has 8 rings (SSSR count). The Bertz CT molecular complexity index is 2590. The first-order chi connectivity index (χ1) is 29.5. The Morgan fingerprint density at radius 3 is 1.77 bits per heavy atom. The van der Waals surface area contributed by atoms with Gasteiger partial charge in [0.05, 0.1) is 12.0 Å². The number of rotatable bonds is 14. The second-order valence-electron chi connectivity index (χ2n) is 13.8. The average molecular weight is 873 g/mol. The summed E-state index contributed by atoms with van der Waals surface area (Å²) in [4.78, 5) is 54.7. The molecule has 3 N–H and O–H groups in total. The highest BCUT2D eigenvalue weighted by molar-refractivity contribution is 8.00. The Kier molecular flexibility index (Phi) is 11.7. The van der Waals surface area contributed by atoms with E-state index in [0.29, 0.717) is 27.8 Å². The van der Waals surface area contributed by atoms with Crippen molar-refractivity contribution < 1.29 is 36.6 Å². The molecule has 2 atom stereocenters. The van der Waals surface area contributed by atoms with E-state index in [0.717, 1.165) is 34.5 Å². The molecule has 0 radical (unpaired) electrons. The third-order valence-electron chi connectivity index (χ3n) is 9.78. The first kappa shape index (κ1) is 40.9. The second kappa shape index (κ2) is 17.4. The Labute approximate surface area is 359 Å². The number of nitrogens with zero attached hydrogens (tertiary/aromatic N) is 4. The predicted octanol–water partition coefficient (Wildman–Crippen LogP) is 5.75. The van der Waals surface area contributed by atoms with Crippen LogP contribution in [0.25, 0.3) is 0 Å². The number of nitrogen functional groups attached to an aromatic ring is 1. The zero-order chi connectivity index (χ0) is 42.6. The molecule has 2 aliphatic rings. The Morgan fingerprint density at radius 2 is 1.31 bits per heavy atom. The topological polar surface area (TPSA) is 192 Å². The summed E-state index contributed by atoms with van der Waals surface area (Å²) in [5.41, 5.74) is 7.19. The smallest absolute Gasteiger partial charge is 0.359 e. The van der Waals surface area contributed by atoms with Crippen LogP contribution < -0.4 is 11.1 Å². The first-order valence-electron chi connectivity index (χ1n) is 18.7.